The van der Waals surface area contributed by atoms with Crippen LogP contribution in [0.25, 0.3) is 11.1 Å². The van der Waals surface area contributed by atoms with Crippen molar-refractivity contribution < 1.29 is 14.3 Å². The normalized spacial score (nSPS) is 18.2. The Kier molecular flexibility index (Phi) is 3.16. The quantitative estimate of drug-likeness (QED) is 0.595. The summed E-state index contributed by atoms with van der Waals surface area (Å²) in [5, 5.41) is 2.88. The van der Waals surface area contributed by atoms with Crippen molar-refractivity contribution in [2.75, 3.05) is 11.9 Å². The van der Waals surface area contributed by atoms with Crippen LogP contribution >= 0.6 is 15.9 Å². The van der Waals surface area contributed by atoms with E-state index in [-0.39, 0.29) is 11.9 Å². The Morgan fingerprint density at radius 2 is 2.09 bits per heavy atom. The lowest BCUT2D eigenvalue weighted by molar-refractivity contribution is -0.110. The number of rotatable bonds is 1. The molecule has 0 radical (unpaired) electrons. The van der Waals surface area contributed by atoms with Crippen molar-refractivity contribution in [2.24, 2.45) is 0 Å². The van der Waals surface area contributed by atoms with Gasteiger partial charge in [-0.2, -0.15) is 0 Å². The van der Waals surface area contributed by atoms with Gasteiger partial charge in [0.2, 0.25) is 0 Å². The second kappa shape index (κ2) is 5.09. The number of fused-ring (bicyclic) bond motifs is 2. The molecule has 0 spiro atoms. The van der Waals surface area contributed by atoms with E-state index in [1.807, 2.05) is 25.1 Å². The predicted molar refractivity (Wildman–Crippen MR) is 90.0 cm³/mol. The summed E-state index contributed by atoms with van der Waals surface area (Å²) in [6.45, 7) is 2.27. The van der Waals surface area contributed by atoms with Crippen molar-refractivity contribution in [1.82, 2.24) is 4.98 Å². The van der Waals surface area contributed by atoms with Gasteiger partial charge in [0.1, 0.15) is 0 Å². The number of benzene rings is 1. The van der Waals surface area contributed by atoms with Crippen LogP contribution in [0.1, 0.15) is 34.1 Å². The molecule has 2 N–H and O–H groups in total. The van der Waals surface area contributed by atoms with E-state index in [0.717, 1.165) is 32.6 Å². The highest BCUT2D eigenvalue weighted by Gasteiger charge is 2.30. The first kappa shape index (κ1) is 14.3. The van der Waals surface area contributed by atoms with E-state index in [1.165, 1.54) is 0 Å². The third kappa shape index (κ3) is 2.13. The first-order chi connectivity index (χ1) is 11.1. The summed E-state index contributed by atoms with van der Waals surface area (Å²) < 4.78 is 5.97. The molecule has 0 unspecified atom stereocenters. The molecule has 5 nitrogen and oxygen atoms in total. The van der Waals surface area contributed by atoms with Crippen LogP contribution in [0.15, 0.2) is 28.9 Å². The van der Waals surface area contributed by atoms with E-state index < -0.39 is 0 Å². The van der Waals surface area contributed by atoms with Gasteiger partial charge in [-0.15, -0.1) is 0 Å². The molecule has 2 aromatic rings. The van der Waals surface area contributed by atoms with Gasteiger partial charge in [-0.05, 0) is 36.3 Å². The van der Waals surface area contributed by atoms with Crippen molar-refractivity contribution in [3.8, 4) is 0 Å². The highest BCUT2D eigenvalue weighted by atomic mass is 79.9. The summed E-state index contributed by atoms with van der Waals surface area (Å²) in [6.07, 6.45) is 2.31. The summed E-state index contributed by atoms with van der Waals surface area (Å²) in [5.41, 5.74) is 5.42. The maximum Gasteiger partial charge on any atom is 0.339 e. The second-order valence-electron chi connectivity index (χ2n) is 5.59. The number of hydrogen-bond acceptors (Lipinski definition) is 3. The van der Waals surface area contributed by atoms with Gasteiger partial charge >= 0.3 is 5.97 Å². The Morgan fingerprint density at radius 3 is 2.91 bits per heavy atom. The fourth-order valence-electron chi connectivity index (χ4n) is 3.19. The van der Waals surface area contributed by atoms with E-state index in [4.69, 9.17) is 4.74 Å². The molecule has 0 aliphatic carbocycles. The minimum atomic E-state index is -0.314. The average molecular weight is 373 g/mol. The van der Waals surface area contributed by atoms with E-state index in [1.54, 1.807) is 6.20 Å². The molecule has 3 heterocycles. The Balaban J connectivity index is 1.91. The number of H-pyrrole nitrogens is 1. The molecule has 2 aliphatic rings. The number of ether oxygens (including phenoxy) is 1. The molecular formula is C17H13BrN2O3. The van der Waals surface area contributed by atoms with Crippen molar-refractivity contribution in [1.29, 1.82) is 0 Å². The van der Waals surface area contributed by atoms with Gasteiger partial charge in [0, 0.05) is 34.0 Å². The minimum Gasteiger partial charge on any atom is -0.462 e. The predicted octanol–water partition coefficient (Wildman–Crippen LogP) is 3.37. The number of carbonyl (C=O) groups excluding carboxylic acids is 2. The molecule has 6 heteroatoms. The fraction of sp³-hybridized carbons (Fsp3) is 0.176. The monoisotopic (exact) mass is 372 g/mol. The minimum absolute atomic E-state index is 0.127. The van der Waals surface area contributed by atoms with Gasteiger partial charge in [-0.1, -0.05) is 15.9 Å². The van der Waals surface area contributed by atoms with Crippen LogP contribution in [0.3, 0.4) is 0 Å². The van der Waals surface area contributed by atoms with Gasteiger partial charge < -0.3 is 15.0 Å². The lowest BCUT2D eigenvalue weighted by atomic mass is 9.95. The van der Waals surface area contributed by atoms with Crippen LogP contribution in [-0.2, 0) is 16.0 Å². The molecule has 0 atom stereocenters. The van der Waals surface area contributed by atoms with Gasteiger partial charge in [-0.25, -0.2) is 4.79 Å². The van der Waals surface area contributed by atoms with Crippen LogP contribution in [0.2, 0.25) is 0 Å². The first-order valence-corrected chi connectivity index (χ1v) is 8.05. The van der Waals surface area contributed by atoms with Gasteiger partial charge in [-0.3, -0.25) is 4.79 Å². The summed E-state index contributed by atoms with van der Waals surface area (Å²) in [6, 6.07) is 5.69. The Morgan fingerprint density at radius 1 is 1.26 bits per heavy atom. The molecule has 1 aromatic carbocycles. The van der Waals surface area contributed by atoms with E-state index >= 15 is 0 Å². The largest absolute Gasteiger partial charge is 0.462 e. The number of hydrogen-bond donors (Lipinski definition) is 2. The highest BCUT2D eigenvalue weighted by Crippen LogP contribution is 2.39. The van der Waals surface area contributed by atoms with Crippen LogP contribution in [0, 0.1) is 0 Å². The van der Waals surface area contributed by atoms with Crippen LogP contribution in [0.4, 0.5) is 5.69 Å². The molecular weight excluding hydrogens is 360 g/mol. The lowest BCUT2D eigenvalue weighted by Crippen LogP contribution is -2.16. The molecule has 0 fully saturated rings. The number of aromatic nitrogens is 1. The Labute approximate surface area is 140 Å². The number of aromatic amines is 1. The second-order valence-corrected chi connectivity index (χ2v) is 6.50. The molecule has 1 aromatic heterocycles. The topological polar surface area (TPSA) is 71.2 Å². The molecule has 4 rings (SSSR count). The highest BCUT2D eigenvalue weighted by molar-refractivity contribution is 9.10. The third-order valence-corrected chi connectivity index (χ3v) is 4.76. The number of amides is 1. The zero-order valence-electron chi connectivity index (χ0n) is 12.3. The zero-order chi connectivity index (χ0) is 16.1. The smallest absolute Gasteiger partial charge is 0.339 e. The molecule has 2 aliphatic heterocycles. The molecule has 1 amide bonds. The Bertz CT molecular complexity index is 895. The summed E-state index contributed by atoms with van der Waals surface area (Å²) in [4.78, 5) is 27.4. The third-order valence-electron chi connectivity index (χ3n) is 4.27. The number of anilines is 1. The molecule has 0 saturated carbocycles. The van der Waals surface area contributed by atoms with E-state index in [2.05, 4.69) is 26.2 Å². The maximum atomic E-state index is 12.4. The standard InChI is InChI=1S/C17H13BrN2O3/c1-8(15-10-4-5-23-17(22)12(10)7-19-15)14-11-6-9(18)2-3-13(11)20-16(14)21/h2-3,6-7,19H,4-5H2,1H3,(H,20,21). The van der Waals surface area contributed by atoms with E-state index in [9.17, 15) is 9.59 Å². The maximum absolute atomic E-state index is 12.4. The zero-order valence-corrected chi connectivity index (χ0v) is 13.9. The average Bonchev–Trinajstić information content (AvgIpc) is 3.08. The summed E-state index contributed by atoms with van der Waals surface area (Å²) >= 11 is 3.45. The number of carbonyl (C=O) groups is 2. The van der Waals surface area contributed by atoms with Crippen LogP contribution in [-0.4, -0.2) is 23.5 Å². The van der Waals surface area contributed by atoms with Crippen molar-refractivity contribution in [2.45, 2.75) is 13.3 Å². The SMILES string of the molecule is CC(=C1C(=O)Nc2ccc(Br)cc21)c1[nH]cc2c1CCOC2=O. The number of cyclic esters (lactones) is 1. The van der Waals surface area contributed by atoms with Gasteiger partial charge in [0.15, 0.2) is 0 Å². The van der Waals surface area contributed by atoms with Crippen molar-refractivity contribution >= 4 is 44.6 Å². The number of halogens is 1. The summed E-state index contributed by atoms with van der Waals surface area (Å²) in [5.74, 6) is -0.442. The number of allylic oxidation sites excluding steroid dienone is 1. The number of nitrogens with one attached hydrogen (secondary N) is 2. The van der Waals surface area contributed by atoms with Crippen molar-refractivity contribution in [3.05, 3.63) is 51.3 Å². The van der Waals surface area contributed by atoms with Gasteiger partial charge in [0.25, 0.3) is 5.91 Å². The first-order valence-electron chi connectivity index (χ1n) is 7.26. The van der Waals surface area contributed by atoms with Crippen molar-refractivity contribution in [3.63, 3.8) is 0 Å². The van der Waals surface area contributed by atoms with Crippen LogP contribution < -0.4 is 5.32 Å². The number of esters is 1. The molecule has 0 saturated heterocycles. The van der Waals surface area contributed by atoms with Crippen LogP contribution in [0.5, 0.6) is 0 Å². The lowest BCUT2D eigenvalue weighted by Gasteiger charge is -2.14. The Hall–Kier alpha value is -2.34. The molecule has 0 bridgehead atoms. The molecule has 23 heavy (non-hydrogen) atoms. The van der Waals surface area contributed by atoms with Gasteiger partial charge in [0.05, 0.1) is 17.7 Å². The van der Waals surface area contributed by atoms with E-state index in [0.29, 0.717) is 24.2 Å². The summed E-state index contributed by atoms with van der Waals surface area (Å²) in [7, 11) is 0. The molecule has 116 valence electrons. The fourth-order valence-corrected chi connectivity index (χ4v) is 3.55.